The molecule has 2 rings (SSSR count). The number of ether oxygens (including phenoxy) is 1. The van der Waals surface area contributed by atoms with Crippen LogP contribution in [0, 0.1) is 6.92 Å². The molecule has 2 heteroatoms. The Labute approximate surface area is 85.3 Å². The summed E-state index contributed by atoms with van der Waals surface area (Å²) in [7, 11) is 0. The molecule has 1 aromatic rings. The minimum absolute atomic E-state index is 0.491. The van der Waals surface area contributed by atoms with E-state index in [4.69, 9.17) is 4.74 Å². The molecule has 0 radical (unpaired) electrons. The van der Waals surface area contributed by atoms with Crippen LogP contribution in [0.3, 0.4) is 0 Å². The third-order valence-electron chi connectivity index (χ3n) is 2.73. The maximum atomic E-state index is 5.43. The Balaban J connectivity index is 1.99. The van der Waals surface area contributed by atoms with Crippen LogP contribution in [-0.2, 0) is 11.2 Å². The van der Waals surface area contributed by atoms with Crippen molar-refractivity contribution in [2.24, 2.45) is 0 Å². The topological polar surface area (TPSA) is 21.3 Å². The van der Waals surface area contributed by atoms with E-state index >= 15 is 0 Å². The normalized spacial score (nSPS) is 22.2. The Morgan fingerprint density at radius 1 is 1.43 bits per heavy atom. The largest absolute Gasteiger partial charge is 0.379 e. The van der Waals surface area contributed by atoms with Crippen LogP contribution < -0.4 is 5.32 Å². The molecular formula is C12H17NO. The molecule has 14 heavy (non-hydrogen) atoms. The van der Waals surface area contributed by atoms with E-state index in [0.717, 1.165) is 26.2 Å². The highest BCUT2D eigenvalue weighted by atomic mass is 16.5. The molecule has 0 aromatic heterocycles. The number of rotatable bonds is 2. The van der Waals surface area contributed by atoms with Gasteiger partial charge in [0, 0.05) is 12.6 Å². The van der Waals surface area contributed by atoms with Crippen LogP contribution in [0.5, 0.6) is 0 Å². The Kier molecular flexibility index (Phi) is 3.17. The van der Waals surface area contributed by atoms with Gasteiger partial charge in [0.05, 0.1) is 13.2 Å². The number of aryl methyl sites for hydroxylation is 1. The van der Waals surface area contributed by atoms with Gasteiger partial charge in [-0.15, -0.1) is 0 Å². The highest BCUT2D eigenvalue weighted by Gasteiger charge is 2.13. The van der Waals surface area contributed by atoms with E-state index in [-0.39, 0.29) is 0 Å². The molecule has 0 aliphatic carbocycles. The zero-order chi connectivity index (χ0) is 9.80. The van der Waals surface area contributed by atoms with Crippen molar-refractivity contribution in [1.29, 1.82) is 0 Å². The van der Waals surface area contributed by atoms with Crippen molar-refractivity contribution in [3.05, 3.63) is 35.4 Å². The quantitative estimate of drug-likeness (QED) is 0.765. The molecule has 1 N–H and O–H groups in total. The van der Waals surface area contributed by atoms with Gasteiger partial charge in [0.1, 0.15) is 0 Å². The van der Waals surface area contributed by atoms with E-state index in [0.29, 0.717) is 6.04 Å². The average Bonchev–Trinajstić information content (AvgIpc) is 2.23. The van der Waals surface area contributed by atoms with Gasteiger partial charge < -0.3 is 10.1 Å². The van der Waals surface area contributed by atoms with E-state index in [1.54, 1.807) is 0 Å². The lowest BCUT2D eigenvalue weighted by atomic mass is 10.0. The van der Waals surface area contributed by atoms with E-state index in [1.165, 1.54) is 11.1 Å². The summed E-state index contributed by atoms with van der Waals surface area (Å²) < 4.78 is 5.43. The predicted octanol–water partition coefficient (Wildman–Crippen LogP) is 1.53. The van der Waals surface area contributed by atoms with Crippen molar-refractivity contribution < 1.29 is 4.74 Å². The Hall–Kier alpha value is -0.860. The molecule has 0 bridgehead atoms. The second-order valence-corrected chi connectivity index (χ2v) is 3.86. The molecule has 2 nitrogen and oxygen atoms in total. The fraction of sp³-hybridized carbons (Fsp3) is 0.500. The zero-order valence-electron chi connectivity index (χ0n) is 8.62. The monoisotopic (exact) mass is 191 g/mol. The molecular weight excluding hydrogens is 174 g/mol. The van der Waals surface area contributed by atoms with Crippen molar-refractivity contribution in [2.45, 2.75) is 19.4 Å². The lowest BCUT2D eigenvalue weighted by molar-refractivity contribution is 0.0770. The molecule has 1 aromatic carbocycles. The summed E-state index contributed by atoms with van der Waals surface area (Å²) >= 11 is 0. The van der Waals surface area contributed by atoms with Gasteiger partial charge >= 0.3 is 0 Å². The third kappa shape index (κ3) is 2.34. The summed E-state index contributed by atoms with van der Waals surface area (Å²) in [5, 5.41) is 3.47. The van der Waals surface area contributed by atoms with Gasteiger partial charge in [-0.1, -0.05) is 24.3 Å². The summed E-state index contributed by atoms with van der Waals surface area (Å²) in [6.45, 7) is 4.84. The molecule has 1 saturated heterocycles. The molecule has 0 spiro atoms. The second-order valence-electron chi connectivity index (χ2n) is 3.86. The predicted molar refractivity (Wildman–Crippen MR) is 57.5 cm³/mol. The smallest absolute Gasteiger partial charge is 0.0623 e. The van der Waals surface area contributed by atoms with Gasteiger partial charge in [-0.25, -0.2) is 0 Å². The zero-order valence-corrected chi connectivity index (χ0v) is 8.62. The Bertz CT molecular complexity index is 292. The van der Waals surface area contributed by atoms with Gasteiger partial charge in [0.25, 0.3) is 0 Å². The van der Waals surface area contributed by atoms with Crippen LogP contribution >= 0.6 is 0 Å². The number of nitrogens with one attached hydrogen (secondary N) is 1. The van der Waals surface area contributed by atoms with E-state index in [2.05, 4.69) is 36.5 Å². The standard InChI is InChI=1S/C12H17NO/c1-10-4-2-3-5-11(10)8-12-9-14-7-6-13-12/h2-5,12-13H,6-9H2,1H3. The minimum atomic E-state index is 0.491. The molecule has 1 atom stereocenters. The summed E-state index contributed by atoms with van der Waals surface area (Å²) in [5.41, 5.74) is 2.80. The van der Waals surface area contributed by atoms with Gasteiger partial charge in [-0.2, -0.15) is 0 Å². The van der Waals surface area contributed by atoms with E-state index in [1.807, 2.05) is 0 Å². The van der Waals surface area contributed by atoms with Crippen molar-refractivity contribution >= 4 is 0 Å². The highest BCUT2D eigenvalue weighted by Crippen LogP contribution is 2.10. The molecule has 0 saturated carbocycles. The number of benzene rings is 1. The van der Waals surface area contributed by atoms with Gasteiger partial charge in [0.15, 0.2) is 0 Å². The van der Waals surface area contributed by atoms with Crippen LogP contribution in [0.1, 0.15) is 11.1 Å². The fourth-order valence-electron chi connectivity index (χ4n) is 1.86. The van der Waals surface area contributed by atoms with Crippen LogP contribution in [-0.4, -0.2) is 25.8 Å². The Morgan fingerprint density at radius 2 is 2.29 bits per heavy atom. The van der Waals surface area contributed by atoms with Crippen molar-refractivity contribution in [3.63, 3.8) is 0 Å². The van der Waals surface area contributed by atoms with Gasteiger partial charge in [-0.3, -0.25) is 0 Å². The van der Waals surface area contributed by atoms with Gasteiger partial charge in [0.2, 0.25) is 0 Å². The molecule has 1 aliphatic rings. The summed E-state index contributed by atoms with van der Waals surface area (Å²) in [6.07, 6.45) is 1.08. The second kappa shape index (κ2) is 4.58. The van der Waals surface area contributed by atoms with Crippen molar-refractivity contribution in [3.8, 4) is 0 Å². The van der Waals surface area contributed by atoms with Crippen LogP contribution in [0.15, 0.2) is 24.3 Å². The molecule has 1 unspecified atom stereocenters. The molecule has 1 fully saturated rings. The molecule has 76 valence electrons. The number of hydrogen-bond acceptors (Lipinski definition) is 2. The van der Waals surface area contributed by atoms with Crippen molar-refractivity contribution in [1.82, 2.24) is 5.32 Å². The third-order valence-corrected chi connectivity index (χ3v) is 2.73. The van der Waals surface area contributed by atoms with E-state index < -0.39 is 0 Å². The first kappa shape index (κ1) is 9.69. The SMILES string of the molecule is Cc1ccccc1CC1COCCN1. The summed E-state index contributed by atoms with van der Waals surface area (Å²) in [5.74, 6) is 0. The first-order chi connectivity index (χ1) is 6.86. The molecule has 1 heterocycles. The van der Waals surface area contributed by atoms with Crippen molar-refractivity contribution in [2.75, 3.05) is 19.8 Å². The maximum absolute atomic E-state index is 5.43. The minimum Gasteiger partial charge on any atom is -0.379 e. The average molecular weight is 191 g/mol. The van der Waals surface area contributed by atoms with Crippen LogP contribution in [0.25, 0.3) is 0 Å². The lowest BCUT2D eigenvalue weighted by Crippen LogP contribution is -2.42. The van der Waals surface area contributed by atoms with Crippen LogP contribution in [0.4, 0.5) is 0 Å². The van der Waals surface area contributed by atoms with E-state index in [9.17, 15) is 0 Å². The highest BCUT2D eigenvalue weighted by molar-refractivity contribution is 5.26. The number of hydrogen-bond donors (Lipinski definition) is 1. The molecule has 0 amide bonds. The number of morpholine rings is 1. The van der Waals surface area contributed by atoms with Crippen LogP contribution in [0.2, 0.25) is 0 Å². The first-order valence-electron chi connectivity index (χ1n) is 5.22. The summed E-state index contributed by atoms with van der Waals surface area (Å²) in [6, 6.07) is 9.05. The molecule has 1 aliphatic heterocycles. The summed E-state index contributed by atoms with van der Waals surface area (Å²) in [4.78, 5) is 0. The van der Waals surface area contributed by atoms with Gasteiger partial charge in [-0.05, 0) is 24.5 Å². The first-order valence-corrected chi connectivity index (χ1v) is 5.22. The Morgan fingerprint density at radius 3 is 3.00 bits per heavy atom. The maximum Gasteiger partial charge on any atom is 0.0623 e. The lowest BCUT2D eigenvalue weighted by Gasteiger charge is -2.24. The fourth-order valence-corrected chi connectivity index (χ4v) is 1.86.